The summed E-state index contributed by atoms with van der Waals surface area (Å²) < 4.78 is 40.4. The van der Waals surface area contributed by atoms with Gasteiger partial charge in [-0.25, -0.2) is 17.5 Å². The predicted molar refractivity (Wildman–Crippen MR) is 82.5 cm³/mol. The average Bonchev–Trinajstić information content (AvgIpc) is 2.47. The molecule has 0 amide bonds. The molecule has 1 heterocycles. The van der Waals surface area contributed by atoms with Gasteiger partial charge >= 0.3 is 0 Å². The number of hydrogen-bond donors (Lipinski definition) is 2. The van der Waals surface area contributed by atoms with E-state index in [0.717, 1.165) is 25.5 Å². The van der Waals surface area contributed by atoms with E-state index in [1.807, 2.05) is 6.92 Å². The summed E-state index contributed by atoms with van der Waals surface area (Å²) in [5.41, 5.74) is 0. The molecule has 5 nitrogen and oxygen atoms in total. The van der Waals surface area contributed by atoms with Gasteiger partial charge in [-0.05, 0) is 44.0 Å². The molecule has 0 saturated carbocycles. The molecule has 0 radical (unpaired) electrons. The van der Waals surface area contributed by atoms with E-state index in [9.17, 15) is 17.9 Å². The number of β-amino-alcohol motifs (C(OH)–C–C–N with tert-alkyl or cyclic N) is 1. The number of nitrogens with zero attached hydrogens (tertiary/aromatic N) is 1. The van der Waals surface area contributed by atoms with E-state index in [-0.39, 0.29) is 10.9 Å². The quantitative estimate of drug-likeness (QED) is 0.826. The van der Waals surface area contributed by atoms with E-state index in [4.69, 9.17) is 0 Å². The van der Waals surface area contributed by atoms with Gasteiger partial charge in [0.15, 0.2) is 0 Å². The highest BCUT2D eigenvalue weighted by molar-refractivity contribution is 7.89. The largest absolute Gasteiger partial charge is 0.392 e. The van der Waals surface area contributed by atoms with Crippen molar-refractivity contribution in [2.75, 3.05) is 19.6 Å². The Hall–Kier alpha value is -1.02. The number of piperidine rings is 1. The van der Waals surface area contributed by atoms with Crippen LogP contribution in [0.1, 0.15) is 26.2 Å². The first-order valence-electron chi connectivity index (χ1n) is 7.59. The maximum atomic E-state index is 13.2. The number of rotatable bonds is 6. The Morgan fingerprint density at radius 2 is 2.27 bits per heavy atom. The maximum Gasteiger partial charge on any atom is 0.240 e. The lowest BCUT2D eigenvalue weighted by atomic mass is 10.1. The summed E-state index contributed by atoms with van der Waals surface area (Å²) in [5, 5.41) is 9.72. The summed E-state index contributed by atoms with van der Waals surface area (Å²) in [5.74, 6) is -0.570. The van der Waals surface area contributed by atoms with Gasteiger partial charge in [-0.3, -0.25) is 4.90 Å². The van der Waals surface area contributed by atoms with Gasteiger partial charge in [0.05, 0.1) is 11.0 Å². The summed E-state index contributed by atoms with van der Waals surface area (Å²) >= 11 is 0. The zero-order chi connectivity index (χ0) is 16.2. The fourth-order valence-electron chi connectivity index (χ4n) is 2.67. The molecule has 1 fully saturated rings. The van der Waals surface area contributed by atoms with Crippen LogP contribution in [0, 0.1) is 5.82 Å². The fourth-order valence-corrected chi connectivity index (χ4v) is 3.96. The van der Waals surface area contributed by atoms with Crippen molar-refractivity contribution in [1.82, 2.24) is 9.62 Å². The summed E-state index contributed by atoms with van der Waals surface area (Å²) in [4.78, 5) is 2.01. The van der Waals surface area contributed by atoms with Crippen molar-refractivity contribution in [2.24, 2.45) is 0 Å². The van der Waals surface area contributed by atoms with Gasteiger partial charge in [-0.2, -0.15) is 0 Å². The highest BCUT2D eigenvalue weighted by Crippen LogP contribution is 2.16. The molecule has 1 aliphatic heterocycles. The number of hydrogen-bond acceptors (Lipinski definition) is 4. The highest BCUT2D eigenvalue weighted by Gasteiger charge is 2.26. The third kappa shape index (κ3) is 4.74. The Morgan fingerprint density at radius 3 is 2.95 bits per heavy atom. The molecule has 2 unspecified atom stereocenters. The summed E-state index contributed by atoms with van der Waals surface area (Å²) in [6.07, 6.45) is 1.90. The van der Waals surface area contributed by atoms with Crippen LogP contribution in [-0.4, -0.2) is 50.2 Å². The molecule has 22 heavy (non-hydrogen) atoms. The molecular weight excluding hydrogens is 307 g/mol. The Bertz CT molecular complexity index is 594. The molecule has 1 aliphatic rings. The minimum Gasteiger partial charge on any atom is -0.392 e. The van der Waals surface area contributed by atoms with Crippen molar-refractivity contribution in [2.45, 2.75) is 43.2 Å². The molecule has 1 aromatic carbocycles. The second-order valence-electron chi connectivity index (χ2n) is 5.74. The molecule has 124 valence electrons. The lowest BCUT2D eigenvalue weighted by Crippen LogP contribution is -2.49. The first-order chi connectivity index (χ1) is 10.4. The van der Waals surface area contributed by atoms with Crippen LogP contribution in [-0.2, 0) is 10.0 Å². The molecule has 0 aromatic heterocycles. The average molecular weight is 330 g/mol. The Labute approximate surface area is 131 Å². The van der Waals surface area contributed by atoms with Crippen molar-refractivity contribution in [3.63, 3.8) is 0 Å². The van der Waals surface area contributed by atoms with Crippen LogP contribution in [0.15, 0.2) is 29.2 Å². The third-order valence-corrected chi connectivity index (χ3v) is 5.39. The van der Waals surface area contributed by atoms with Gasteiger partial charge in [-0.1, -0.05) is 13.0 Å². The van der Waals surface area contributed by atoms with Crippen LogP contribution in [0.3, 0.4) is 0 Å². The van der Waals surface area contributed by atoms with Crippen LogP contribution < -0.4 is 4.72 Å². The molecule has 1 aromatic rings. The van der Waals surface area contributed by atoms with E-state index in [1.54, 1.807) is 0 Å². The predicted octanol–water partition coefficient (Wildman–Crippen LogP) is 1.34. The number of aliphatic hydroxyl groups excluding tert-OH is 1. The molecule has 0 bridgehead atoms. The third-order valence-electron chi connectivity index (χ3n) is 3.87. The van der Waals surface area contributed by atoms with Crippen LogP contribution >= 0.6 is 0 Å². The standard InChI is InChI=1S/C15H23FN2O3S/c1-2-14(19)11-18-8-4-6-13(10-18)17-22(20,21)15-7-3-5-12(16)9-15/h3,5,7,9,13-14,17,19H,2,4,6,8,10-11H2,1H3. The monoisotopic (exact) mass is 330 g/mol. The van der Waals surface area contributed by atoms with Crippen molar-refractivity contribution >= 4 is 10.0 Å². The van der Waals surface area contributed by atoms with Gasteiger partial charge in [0.1, 0.15) is 5.82 Å². The van der Waals surface area contributed by atoms with Gasteiger partial charge in [0.2, 0.25) is 10.0 Å². The second kappa shape index (κ2) is 7.50. The topological polar surface area (TPSA) is 69.6 Å². The first kappa shape index (κ1) is 17.3. The molecule has 1 saturated heterocycles. The second-order valence-corrected chi connectivity index (χ2v) is 7.45. The van der Waals surface area contributed by atoms with Crippen molar-refractivity contribution < 1.29 is 17.9 Å². The molecule has 0 aliphatic carbocycles. The zero-order valence-electron chi connectivity index (χ0n) is 12.7. The smallest absolute Gasteiger partial charge is 0.240 e. The van der Waals surface area contributed by atoms with E-state index in [1.165, 1.54) is 18.2 Å². The Morgan fingerprint density at radius 1 is 1.50 bits per heavy atom. The van der Waals surface area contributed by atoms with Crippen molar-refractivity contribution in [1.29, 1.82) is 0 Å². The van der Waals surface area contributed by atoms with Crippen LogP contribution in [0.25, 0.3) is 0 Å². The Kier molecular flexibility index (Phi) is 5.91. The van der Waals surface area contributed by atoms with E-state index < -0.39 is 21.9 Å². The van der Waals surface area contributed by atoms with Crippen LogP contribution in [0.2, 0.25) is 0 Å². The number of aliphatic hydroxyl groups is 1. The van der Waals surface area contributed by atoms with Crippen molar-refractivity contribution in [3.05, 3.63) is 30.1 Å². The Balaban J connectivity index is 2.00. The first-order valence-corrected chi connectivity index (χ1v) is 9.07. The number of sulfonamides is 1. The SMILES string of the molecule is CCC(O)CN1CCCC(NS(=O)(=O)c2cccc(F)c2)C1. The molecule has 2 rings (SSSR count). The summed E-state index contributed by atoms with van der Waals surface area (Å²) in [7, 11) is -3.72. The van der Waals surface area contributed by atoms with E-state index in [2.05, 4.69) is 9.62 Å². The summed E-state index contributed by atoms with van der Waals surface area (Å²) in [6, 6.07) is 4.78. The van der Waals surface area contributed by atoms with Crippen LogP contribution in [0.4, 0.5) is 4.39 Å². The number of benzene rings is 1. The van der Waals surface area contributed by atoms with Crippen LogP contribution in [0.5, 0.6) is 0 Å². The van der Waals surface area contributed by atoms with E-state index in [0.29, 0.717) is 19.5 Å². The molecule has 2 atom stereocenters. The normalized spacial score (nSPS) is 21.7. The van der Waals surface area contributed by atoms with Gasteiger partial charge in [-0.15, -0.1) is 0 Å². The molecule has 2 N–H and O–H groups in total. The number of nitrogens with one attached hydrogen (secondary N) is 1. The van der Waals surface area contributed by atoms with Crippen molar-refractivity contribution in [3.8, 4) is 0 Å². The molecule has 0 spiro atoms. The minimum absolute atomic E-state index is 0.0572. The number of halogens is 1. The van der Waals surface area contributed by atoms with E-state index >= 15 is 0 Å². The lowest BCUT2D eigenvalue weighted by molar-refractivity contribution is 0.0916. The lowest BCUT2D eigenvalue weighted by Gasteiger charge is -2.34. The fraction of sp³-hybridized carbons (Fsp3) is 0.600. The minimum atomic E-state index is -3.72. The van der Waals surface area contributed by atoms with Gasteiger partial charge in [0, 0.05) is 19.1 Å². The highest BCUT2D eigenvalue weighted by atomic mass is 32.2. The molecule has 7 heteroatoms. The number of likely N-dealkylation sites (tertiary alicyclic amines) is 1. The summed E-state index contributed by atoms with van der Waals surface area (Å²) in [6.45, 7) is 3.88. The maximum absolute atomic E-state index is 13.2. The molecular formula is C15H23FN2O3S. The zero-order valence-corrected chi connectivity index (χ0v) is 13.5. The van der Waals surface area contributed by atoms with Gasteiger partial charge in [0.25, 0.3) is 0 Å². The van der Waals surface area contributed by atoms with Gasteiger partial charge < -0.3 is 5.11 Å².